The maximum absolute atomic E-state index is 11.8. The number of hydrogen-bond acceptors (Lipinski definition) is 7. The van der Waals surface area contributed by atoms with E-state index in [1.54, 1.807) is 18.5 Å². The number of hydrogen-bond donors (Lipinski definition) is 2. The average molecular weight is 324 g/mol. The molecule has 0 bridgehead atoms. The van der Waals surface area contributed by atoms with Gasteiger partial charge in [0.05, 0.1) is 0 Å². The Balaban J connectivity index is 1.81. The zero-order valence-corrected chi connectivity index (χ0v) is 12.4. The van der Waals surface area contributed by atoms with Crippen molar-refractivity contribution in [2.75, 3.05) is 11.5 Å². The standard InChI is InChI=1S/C12H12N4O3S2/c13-7-9(17)16-8(11(18)19)6(4-20-10(7)16)5-21-12-14-2-1-3-15-12/h1-3,7,10H,4-5,13H2,(H,18,19)/t7?,10-/m1/s1. The molecule has 9 heteroatoms. The second-order valence-corrected chi connectivity index (χ2v) is 6.56. The van der Waals surface area contributed by atoms with E-state index in [9.17, 15) is 14.7 Å². The van der Waals surface area contributed by atoms with Crippen LogP contribution in [-0.4, -0.2) is 54.8 Å². The van der Waals surface area contributed by atoms with Crippen LogP contribution in [0.4, 0.5) is 0 Å². The van der Waals surface area contributed by atoms with E-state index in [-0.39, 0.29) is 17.0 Å². The van der Waals surface area contributed by atoms with E-state index >= 15 is 0 Å². The summed E-state index contributed by atoms with van der Waals surface area (Å²) in [5, 5.41) is 9.71. The normalized spacial score (nSPS) is 24.6. The van der Waals surface area contributed by atoms with E-state index in [2.05, 4.69) is 9.97 Å². The molecule has 0 aromatic carbocycles. The highest BCUT2D eigenvalue weighted by molar-refractivity contribution is 8.01. The minimum absolute atomic E-state index is 0.0638. The molecule has 0 radical (unpaired) electrons. The summed E-state index contributed by atoms with van der Waals surface area (Å²) in [5.74, 6) is -0.443. The smallest absolute Gasteiger partial charge is 0.352 e. The SMILES string of the molecule is NC1C(=O)N2C(C(=O)O)=C(CSc3ncccn3)CS[C@H]12. The molecule has 0 spiro atoms. The van der Waals surface area contributed by atoms with Crippen LogP contribution in [0.2, 0.25) is 0 Å². The third-order valence-corrected chi connectivity index (χ3v) is 5.53. The van der Waals surface area contributed by atoms with Crippen molar-refractivity contribution >= 4 is 35.4 Å². The van der Waals surface area contributed by atoms with Gasteiger partial charge in [0.1, 0.15) is 17.1 Å². The molecule has 3 heterocycles. The predicted molar refractivity (Wildman–Crippen MR) is 78.5 cm³/mol. The van der Waals surface area contributed by atoms with Crippen LogP contribution in [0.1, 0.15) is 0 Å². The monoisotopic (exact) mass is 324 g/mol. The third kappa shape index (κ3) is 2.52. The Morgan fingerprint density at radius 1 is 1.52 bits per heavy atom. The Labute approximate surface area is 129 Å². The fourth-order valence-electron chi connectivity index (χ4n) is 2.20. The summed E-state index contributed by atoms with van der Waals surface area (Å²) in [7, 11) is 0. The molecule has 1 unspecified atom stereocenters. The third-order valence-electron chi connectivity index (χ3n) is 3.21. The highest BCUT2D eigenvalue weighted by atomic mass is 32.2. The van der Waals surface area contributed by atoms with Crippen LogP contribution in [0.15, 0.2) is 34.9 Å². The van der Waals surface area contributed by atoms with E-state index in [0.29, 0.717) is 22.2 Å². The van der Waals surface area contributed by atoms with Crippen molar-refractivity contribution in [1.29, 1.82) is 0 Å². The molecular formula is C12H12N4O3S2. The number of fused-ring (bicyclic) bond motifs is 1. The molecule has 2 aliphatic heterocycles. The quantitative estimate of drug-likeness (QED) is 0.457. The number of nitrogens with two attached hydrogens (primary N) is 1. The number of aliphatic carboxylic acids is 1. The molecule has 7 nitrogen and oxygen atoms in total. The molecule has 3 N–H and O–H groups in total. The number of carbonyl (C=O) groups is 2. The summed E-state index contributed by atoms with van der Waals surface area (Å²) in [6, 6.07) is 1.11. The van der Waals surface area contributed by atoms with Gasteiger partial charge in [0.2, 0.25) is 5.91 Å². The first kappa shape index (κ1) is 14.4. The summed E-state index contributed by atoms with van der Waals surface area (Å²) in [5.41, 5.74) is 6.46. The number of rotatable bonds is 4. The largest absolute Gasteiger partial charge is 0.477 e. The molecule has 0 saturated carbocycles. The van der Waals surface area contributed by atoms with E-state index in [4.69, 9.17) is 5.73 Å². The number of aromatic nitrogens is 2. The topological polar surface area (TPSA) is 109 Å². The zero-order valence-electron chi connectivity index (χ0n) is 10.8. The lowest BCUT2D eigenvalue weighted by Crippen LogP contribution is -2.68. The average Bonchev–Trinajstić information content (AvgIpc) is 2.52. The van der Waals surface area contributed by atoms with Crippen molar-refractivity contribution in [3.8, 4) is 0 Å². The lowest BCUT2D eigenvalue weighted by atomic mass is 10.0. The summed E-state index contributed by atoms with van der Waals surface area (Å²) >= 11 is 2.85. The van der Waals surface area contributed by atoms with Crippen molar-refractivity contribution in [2.24, 2.45) is 5.73 Å². The van der Waals surface area contributed by atoms with E-state index in [1.807, 2.05) is 0 Å². The number of nitrogens with zero attached hydrogens (tertiary/aromatic N) is 3. The first-order valence-corrected chi connectivity index (χ1v) is 8.18. The van der Waals surface area contributed by atoms with Crippen molar-refractivity contribution < 1.29 is 14.7 Å². The van der Waals surface area contributed by atoms with Crippen LogP contribution < -0.4 is 5.73 Å². The number of β-lactam (4-membered cyclic amide) rings is 1. The number of carbonyl (C=O) groups excluding carboxylic acids is 1. The first-order chi connectivity index (χ1) is 10.1. The molecular weight excluding hydrogens is 312 g/mol. The Morgan fingerprint density at radius 3 is 2.90 bits per heavy atom. The fraction of sp³-hybridized carbons (Fsp3) is 0.333. The minimum Gasteiger partial charge on any atom is -0.477 e. The molecule has 21 heavy (non-hydrogen) atoms. The van der Waals surface area contributed by atoms with Gasteiger partial charge in [-0.3, -0.25) is 9.69 Å². The number of amides is 1. The molecule has 1 amide bonds. The van der Waals surface area contributed by atoms with Gasteiger partial charge in [-0.2, -0.15) is 0 Å². The van der Waals surface area contributed by atoms with Crippen LogP contribution >= 0.6 is 23.5 Å². The number of carboxylic acids is 1. The van der Waals surface area contributed by atoms with Crippen LogP contribution in [0.3, 0.4) is 0 Å². The van der Waals surface area contributed by atoms with Crippen molar-refractivity contribution in [1.82, 2.24) is 14.9 Å². The molecule has 1 saturated heterocycles. The van der Waals surface area contributed by atoms with E-state index in [1.165, 1.54) is 28.4 Å². The van der Waals surface area contributed by atoms with E-state index in [0.717, 1.165) is 0 Å². The Hall–Kier alpha value is -1.58. The Morgan fingerprint density at radius 2 is 2.24 bits per heavy atom. The summed E-state index contributed by atoms with van der Waals surface area (Å²) in [4.78, 5) is 32.7. The second kappa shape index (κ2) is 5.66. The molecule has 2 aliphatic rings. The van der Waals surface area contributed by atoms with Gasteiger partial charge in [-0.05, 0) is 11.6 Å². The van der Waals surface area contributed by atoms with Gasteiger partial charge in [-0.1, -0.05) is 11.8 Å². The number of thioether (sulfide) groups is 2. The molecule has 3 rings (SSSR count). The van der Waals surface area contributed by atoms with Crippen molar-refractivity contribution in [3.05, 3.63) is 29.7 Å². The summed E-state index contributed by atoms with van der Waals surface area (Å²) in [6.07, 6.45) is 3.26. The van der Waals surface area contributed by atoms with Gasteiger partial charge >= 0.3 is 5.97 Å². The van der Waals surface area contributed by atoms with E-state index < -0.39 is 12.0 Å². The Bertz CT molecular complexity index is 622. The predicted octanol–water partition coefficient (Wildman–Crippen LogP) is 0.150. The van der Waals surface area contributed by atoms with Gasteiger partial charge in [-0.15, -0.1) is 11.8 Å². The molecule has 2 atom stereocenters. The molecule has 1 fully saturated rings. The van der Waals surface area contributed by atoms with Crippen LogP contribution in [0, 0.1) is 0 Å². The first-order valence-electron chi connectivity index (χ1n) is 6.15. The van der Waals surface area contributed by atoms with Crippen LogP contribution in [0.25, 0.3) is 0 Å². The summed E-state index contributed by atoms with van der Waals surface area (Å²) < 4.78 is 0. The molecule has 0 aliphatic carbocycles. The highest BCUT2D eigenvalue weighted by Gasteiger charge is 2.51. The highest BCUT2D eigenvalue weighted by Crippen LogP contribution is 2.40. The lowest BCUT2D eigenvalue weighted by molar-refractivity contribution is -0.147. The summed E-state index contributed by atoms with van der Waals surface area (Å²) in [6.45, 7) is 0. The van der Waals surface area contributed by atoms with Crippen molar-refractivity contribution in [3.63, 3.8) is 0 Å². The molecule has 110 valence electrons. The molecule has 1 aromatic heterocycles. The zero-order chi connectivity index (χ0) is 15.0. The maximum atomic E-state index is 11.8. The van der Waals surface area contributed by atoms with Gasteiger partial charge in [0.15, 0.2) is 5.16 Å². The second-order valence-electron chi connectivity index (χ2n) is 4.51. The number of carboxylic acid groups (broad SMARTS) is 1. The van der Waals surface area contributed by atoms with Crippen LogP contribution in [-0.2, 0) is 9.59 Å². The van der Waals surface area contributed by atoms with Crippen molar-refractivity contribution in [2.45, 2.75) is 16.6 Å². The van der Waals surface area contributed by atoms with Crippen LogP contribution in [0.5, 0.6) is 0 Å². The fourth-order valence-corrected chi connectivity index (χ4v) is 4.44. The van der Waals surface area contributed by atoms with Gasteiger partial charge < -0.3 is 10.8 Å². The minimum atomic E-state index is -1.09. The lowest BCUT2D eigenvalue weighted by Gasteiger charge is -2.48. The maximum Gasteiger partial charge on any atom is 0.352 e. The van der Waals surface area contributed by atoms with Gasteiger partial charge in [-0.25, -0.2) is 14.8 Å². The van der Waals surface area contributed by atoms with Gasteiger partial charge in [0, 0.05) is 23.9 Å². The van der Waals surface area contributed by atoms with Gasteiger partial charge in [0.25, 0.3) is 0 Å². The molecule has 1 aromatic rings. The Kier molecular flexibility index (Phi) is 3.87.